The number of hydrogen-bond acceptors (Lipinski definition) is 7. The van der Waals surface area contributed by atoms with Crippen LogP contribution >= 0.6 is 15.9 Å². The van der Waals surface area contributed by atoms with Crippen molar-refractivity contribution in [2.75, 3.05) is 19.5 Å². The largest absolute Gasteiger partial charge is 0.495 e. The fourth-order valence-corrected chi connectivity index (χ4v) is 4.34. The van der Waals surface area contributed by atoms with Crippen molar-refractivity contribution < 1.29 is 19.0 Å². The number of nitrogens with zero attached hydrogens (tertiary/aromatic N) is 2. The van der Waals surface area contributed by atoms with Crippen molar-refractivity contribution in [1.29, 1.82) is 0 Å². The fourth-order valence-electron chi connectivity index (χ4n) is 3.98. The zero-order valence-corrected chi connectivity index (χ0v) is 20.7. The predicted molar refractivity (Wildman–Crippen MR) is 136 cm³/mol. The van der Waals surface area contributed by atoms with E-state index in [4.69, 9.17) is 14.2 Å². The number of ketones is 1. The maximum Gasteiger partial charge on any atom is 0.180 e. The minimum atomic E-state index is -0.0519. The van der Waals surface area contributed by atoms with Crippen LogP contribution in [0.25, 0.3) is 10.9 Å². The minimum absolute atomic E-state index is 0.0141. The number of ether oxygens (including phenoxy) is 3. The molecule has 1 aromatic heterocycles. The van der Waals surface area contributed by atoms with Gasteiger partial charge in [0, 0.05) is 15.9 Å². The highest BCUT2D eigenvalue weighted by molar-refractivity contribution is 9.10. The van der Waals surface area contributed by atoms with Crippen LogP contribution in [0.1, 0.15) is 25.7 Å². The van der Waals surface area contributed by atoms with E-state index in [9.17, 15) is 4.79 Å². The first kappa shape index (κ1) is 23.8. The molecule has 34 heavy (non-hydrogen) atoms. The van der Waals surface area contributed by atoms with Crippen LogP contribution in [-0.2, 0) is 4.79 Å². The van der Waals surface area contributed by atoms with Gasteiger partial charge >= 0.3 is 0 Å². The number of nitrogens with one attached hydrogen (secondary N) is 1. The standard InChI is InChI=1S/C26H26BrN3O4/c1-4-22(31)16-6-5-7-18(10-8-16)34-25-13-19-20(14-24(25)33-3)28-15-29-26(19)30-21-12-17(27)9-11-23(21)32-2/h4,6,9,11-15,18H,1,5,7-8,10H2,2-3H3,(H,28,29,30). The lowest BCUT2D eigenvalue weighted by Gasteiger charge is -2.20. The molecule has 0 saturated carbocycles. The zero-order valence-electron chi connectivity index (χ0n) is 19.1. The van der Waals surface area contributed by atoms with Crippen molar-refractivity contribution in [2.24, 2.45) is 0 Å². The average Bonchev–Trinajstić information content (AvgIpc) is 3.09. The summed E-state index contributed by atoms with van der Waals surface area (Å²) in [5, 5.41) is 4.14. The summed E-state index contributed by atoms with van der Waals surface area (Å²) < 4.78 is 18.4. The number of halogens is 1. The molecular weight excluding hydrogens is 498 g/mol. The maximum atomic E-state index is 12.0. The van der Waals surface area contributed by atoms with E-state index in [0.29, 0.717) is 29.5 Å². The Balaban J connectivity index is 1.64. The van der Waals surface area contributed by atoms with Crippen molar-refractivity contribution >= 4 is 44.1 Å². The quantitative estimate of drug-likeness (QED) is 0.354. The second kappa shape index (κ2) is 10.7. The summed E-state index contributed by atoms with van der Waals surface area (Å²) in [6.07, 6.45) is 7.78. The van der Waals surface area contributed by atoms with E-state index in [2.05, 4.69) is 37.8 Å². The van der Waals surface area contributed by atoms with Crippen molar-refractivity contribution in [3.63, 3.8) is 0 Å². The van der Waals surface area contributed by atoms with E-state index < -0.39 is 0 Å². The van der Waals surface area contributed by atoms with Crippen LogP contribution < -0.4 is 19.5 Å². The maximum absolute atomic E-state index is 12.0. The monoisotopic (exact) mass is 523 g/mol. The number of carbonyl (C=O) groups excluding carboxylic acids is 1. The Hall–Kier alpha value is -3.39. The van der Waals surface area contributed by atoms with Crippen molar-refractivity contribution in [2.45, 2.75) is 31.8 Å². The van der Waals surface area contributed by atoms with Gasteiger partial charge in [-0.2, -0.15) is 0 Å². The molecule has 1 heterocycles. The van der Waals surface area contributed by atoms with E-state index in [1.54, 1.807) is 14.2 Å². The van der Waals surface area contributed by atoms with Gasteiger partial charge in [0.15, 0.2) is 17.3 Å². The van der Waals surface area contributed by atoms with Crippen LogP contribution in [0.15, 0.2) is 65.4 Å². The van der Waals surface area contributed by atoms with E-state index in [-0.39, 0.29) is 11.9 Å². The molecule has 0 amide bonds. The molecule has 7 nitrogen and oxygen atoms in total. The molecule has 1 atom stereocenters. The Kier molecular flexibility index (Phi) is 7.47. The van der Waals surface area contributed by atoms with Crippen LogP contribution in [0, 0.1) is 0 Å². The number of hydrogen-bond donors (Lipinski definition) is 1. The third kappa shape index (κ3) is 5.22. The Morgan fingerprint density at radius 3 is 2.71 bits per heavy atom. The molecule has 0 aliphatic heterocycles. The van der Waals surface area contributed by atoms with Crippen LogP contribution in [0.3, 0.4) is 0 Å². The van der Waals surface area contributed by atoms with E-state index in [1.807, 2.05) is 36.4 Å². The van der Waals surface area contributed by atoms with Crippen LogP contribution in [0.5, 0.6) is 17.2 Å². The lowest BCUT2D eigenvalue weighted by atomic mass is 10.1. The summed E-state index contributed by atoms with van der Waals surface area (Å²) in [6.45, 7) is 3.59. The number of allylic oxidation sites excluding steroid dienone is 3. The molecule has 1 aliphatic rings. The van der Waals surface area contributed by atoms with Gasteiger partial charge in [-0.05, 0) is 61.6 Å². The number of carbonyl (C=O) groups is 1. The molecule has 2 aromatic carbocycles. The van der Waals surface area contributed by atoms with Crippen LogP contribution in [-0.4, -0.2) is 36.1 Å². The van der Waals surface area contributed by atoms with Crippen molar-refractivity contribution in [3.05, 3.63) is 65.4 Å². The first-order valence-electron chi connectivity index (χ1n) is 11.0. The van der Waals surface area contributed by atoms with Gasteiger partial charge in [0.2, 0.25) is 0 Å². The number of rotatable bonds is 8. The van der Waals surface area contributed by atoms with Gasteiger partial charge in [0.25, 0.3) is 0 Å². The Morgan fingerprint density at radius 1 is 1.12 bits per heavy atom. The molecule has 176 valence electrons. The van der Waals surface area contributed by atoms with Gasteiger partial charge < -0.3 is 19.5 Å². The Morgan fingerprint density at radius 2 is 1.94 bits per heavy atom. The lowest BCUT2D eigenvalue weighted by molar-refractivity contribution is -0.111. The molecule has 0 radical (unpaired) electrons. The molecule has 0 spiro atoms. The van der Waals surface area contributed by atoms with Gasteiger partial charge in [0.05, 0.1) is 31.5 Å². The smallest absolute Gasteiger partial charge is 0.180 e. The van der Waals surface area contributed by atoms with Gasteiger partial charge in [-0.25, -0.2) is 9.97 Å². The first-order valence-corrected chi connectivity index (χ1v) is 11.8. The SMILES string of the molecule is C=CC(=O)C1=CCCC(Oc2cc3c(Nc4cc(Br)ccc4OC)ncnc3cc2OC)CC1. The Bertz CT molecular complexity index is 1260. The average molecular weight is 524 g/mol. The molecule has 4 rings (SSSR count). The fraction of sp³-hybridized carbons (Fsp3) is 0.269. The summed E-state index contributed by atoms with van der Waals surface area (Å²) >= 11 is 3.50. The molecular formula is C26H26BrN3O4. The molecule has 0 fully saturated rings. The van der Waals surface area contributed by atoms with Crippen LogP contribution in [0.4, 0.5) is 11.5 Å². The minimum Gasteiger partial charge on any atom is -0.495 e. The number of aromatic nitrogens is 2. The number of fused-ring (bicyclic) bond motifs is 1. The number of methoxy groups -OCH3 is 2. The van der Waals surface area contributed by atoms with Gasteiger partial charge in [-0.3, -0.25) is 4.79 Å². The summed E-state index contributed by atoms with van der Waals surface area (Å²) in [6, 6.07) is 9.45. The molecule has 1 unspecified atom stereocenters. The predicted octanol–water partition coefficient (Wildman–Crippen LogP) is 6.16. The summed E-state index contributed by atoms with van der Waals surface area (Å²) in [5.41, 5.74) is 2.29. The molecule has 0 bridgehead atoms. The zero-order chi connectivity index (χ0) is 24.1. The Labute approximate surface area is 207 Å². The van der Waals surface area contributed by atoms with E-state index in [1.165, 1.54) is 12.4 Å². The molecule has 0 saturated heterocycles. The summed E-state index contributed by atoms with van der Waals surface area (Å²) in [4.78, 5) is 20.9. The highest BCUT2D eigenvalue weighted by atomic mass is 79.9. The normalized spacial score (nSPS) is 15.7. The van der Waals surface area contributed by atoms with E-state index in [0.717, 1.165) is 45.9 Å². The second-order valence-corrected chi connectivity index (χ2v) is 8.78. The van der Waals surface area contributed by atoms with Gasteiger partial charge in [-0.1, -0.05) is 28.6 Å². The third-order valence-electron chi connectivity index (χ3n) is 5.75. The summed E-state index contributed by atoms with van der Waals surface area (Å²) in [5.74, 6) is 2.50. The number of anilines is 2. The topological polar surface area (TPSA) is 82.6 Å². The summed E-state index contributed by atoms with van der Waals surface area (Å²) in [7, 11) is 3.23. The van der Waals surface area contributed by atoms with Crippen LogP contribution in [0.2, 0.25) is 0 Å². The molecule has 3 aromatic rings. The number of benzene rings is 2. The van der Waals surface area contributed by atoms with Gasteiger partial charge in [-0.15, -0.1) is 0 Å². The van der Waals surface area contributed by atoms with Crippen molar-refractivity contribution in [1.82, 2.24) is 9.97 Å². The second-order valence-electron chi connectivity index (χ2n) is 7.87. The van der Waals surface area contributed by atoms with Gasteiger partial charge in [0.1, 0.15) is 17.9 Å². The highest BCUT2D eigenvalue weighted by Crippen LogP contribution is 2.38. The molecule has 8 heteroatoms. The lowest BCUT2D eigenvalue weighted by Crippen LogP contribution is -2.16. The van der Waals surface area contributed by atoms with Crippen molar-refractivity contribution in [3.8, 4) is 17.2 Å². The first-order chi connectivity index (χ1) is 16.5. The van der Waals surface area contributed by atoms with E-state index >= 15 is 0 Å². The highest BCUT2D eigenvalue weighted by Gasteiger charge is 2.20. The molecule has 1 aliphatic carbocycles. The molecule has 1 N–H and O–H groups in total. The third-order valence-corrected chi connectivity index (χ3v) is 6.24.